The van der Waals surface area contributed by atoms with Crippen LogP contribution in [0, 0.1) is 0 Å². The molecule has 1 aromatic carbocycles. The van der Waals surface area contributed by atoms with Gasteiger partial charge in [0, 0.05) is 5.56 Å². The fourth-order valence-electron chi connectivity index (χ4n) is 1.62. The summed E-state index contributed by atoms with van der Waals surface area (Å²) in [7, 11) is 0. The van der Waals surface area contributed by atoms with Gasteiger partial charge in [0.1, 0.15) is 23.3 Å². The Morgan fingerprint density at radius 2 is 1.58 bits per heavy atom. The van der Waals surface area contributed by atoms with Crippen molar-refractivity contribution in [1.82, 2.24) is 0 Å². The molecule has 0 N–H and O–H groups in total. The van der Waals surface area contributed by atoms with Crippen molar-refractivity contribution < 1.29 is 23.8 Å². The molecule has 19 heavy (non-hydrogen) atoms. The van der Waals surface area contributed by atoms with E-state index in [1.54, 1.807) is 20.8 Å². The second-order valence-electron chi connectivity index (χ2n) is 3.60. The molecular weight excluding hydrogens is 248 g/mol. The van der Waals surface area contributed by atoms with Crippen molar-refractivity contribution in [2.45, 2.75) is 20.8 Å². The maximum Gasteiger partial charge on any atom is 0.345 e. The van der Waals surface area contributed by atoms with Gasteiger partial charge in [-0.2, -0.15) is 0 Å². The molecule has 0 fully saturated rings. The summed E-state index contributed by atoms with van der Waals surface area (Å²) < 4.78 is 15.8. The molecule has 5 nitrogen and oxygen atoms in total. The number of ether oxygens (including phenoxy) is 3. The molecular formula is C14H18O5. The predicted molar refractivity (Wildman–Crippen MR) is 70.1 cm³/mol. The summed E-state index contributed by atoms with van der Waals surface area (Å²) >= 11 is 0. The summed E-state index contributed by atoms with van der Waals surface area (Å²) in [5, 5.41) is 0. The number of hydrogen-bond acceptors (Lipinski definition) is 5. The number of carbonyl (C=O) groups excluding carboxylic acids is 2. The van der Waals surface area contributed by atoms with E-state index in [0.717, 1.165) is 0 Å². The minimum absolute atomic E-state index is 0.219. The van der Waals surface area contributed by atoms with Gasteiger partial charge in [-0.3, -0.25) is 4.79 Å². The van der Waals surface area contributed by atoms with Crippen molar-refractivity contribution in [3.8, 4) is 11.5 Å². The predicted octanol–water partition coefficient (Wildman–Crippen LogP) is 2.47. The van der Waals surface area contributed by atoms with Crippen LogP contribution in [0.4, 0.5) is 0 Å². The molecule has 0 heterocycles. The average Bonchev–Trinajstić information content (AvgIpc) is 2.39. The standard InChI is InChI=1S/C14H18O5/c1-4-17-11-7-10(9-15)8-12(18-5-2)13(11)14(16)19-6-3/h7-9H,4-6H2,1-3H3. The molecule has 0 amide bonds. The van der Waals surface area contributed by atoms with Gasteiger partial charge < -0.3 is 14.2 Å². The molecule has 0 aromatic heterocycles. The quantitative estimate of drug-likeness (QED) is 0.560. The van der Waals surface area contributed by atoms with Gasteiger partial charge in [-0.25, -0.2) is 4.79 Å². The molecule has 0 atom stereocenters. The van der Waals surface area contributed by atoms with E-state index in [4.69, 9.17) is 14.2 Å². The number of hydrogen-bond donors (Lipinski definition) is 0. The first kappa shape index (κ1) is 15.0. The molecule has 0 bridgehead atoms. The van der Waals surface area contributed by atoms with Crippen LogP contribution < -0.4 is 9.47 Å². The van der Waals surface area contributed by atoms with Crippen LogP contribution in [-0.2, 0) is 4.74 Å². The summed E-state index contributed by atoms with van der Waals surface area (Å²) in [6.45, 7) is 6.32. The second-order valence-corrected chi connectivity index (χ2v) is 3.60. The summed E-state index contributed by atoms with van der Waals surface area (Å²) in [4.78, 5) is 22.9. The van der Waals surface area contributed by atoms with Crippen LogP contribution in [0.2, 0.25) is 0 Å². The van der Waals surface area contributed by atoms with Crippen molar-refractivity contribution in [1.29, 1.82) is 0 Å². The van der Waals surface area contributed by atoms with E-state index >= 15 is 0 Å². The number of carbonyl (C=O) groups is 2. The van der Waals surface area contributed by atoms with Gasteiger partial charge >= 0.3 is 5.97 Å². The Morgan fingerprint density at radius 1 is 1.05 bits per heavy atom. The number of aldehydes is 1. The van der Waals surface area contributed by atoms with E-state index < -0.39 is 5.97 Å². The third kappa shape index (κ3) is 3.71. The van der Waals surface area contributed by atoms with Crippen molar-refractivity contribution >= 4 is 12.3 Å². The Bertz CT molecular complexity index is 426. The van der Waals surface area contributed by atoms with E-state index in [2.05, 4.69) is 0 Å². The van der Waals surface area contributed by atoms with Crippen LogP contribution >= 0.6 is 0 Å². The molecule has 0 aliphatic heterocycles. The maximum absolute atomic E-state index is 12.0. The monoisotopic (exact) mass is 266 g/mol. The lowest BCUT2D eigenvalue weighted by atomic mass is 10.1. The molecule has 0 spiro atoms. The Kier molecular flexibility index (Phi) is 5.85. The fraction of sp³-hybridized carbons (Fsp3) is 0.429. The first-order valence-corrected chi connectivity index (χ1v) is 6.23. The number of esters is 1. The Labute approximate surface area is 112 Å². The summed E-state index contributed by atoms with van der Waals surface area (Å²) in [5.41, 5.74) is 0.607. The van der Waals surface area contributed by atoms with Crippen molar-refractivity contribution in [2.75, 3.05) is 19.8 Å². The molecule has 0 unspecified atom stereocenters. The van der Waals surface area contributed by atoms with E-state index in [1.165, 1.54) is 12.1 Å². The molecule has 0 aliphatic rings. The lowest BCUT2D eigenvalue weighted by molar-refractivity contribution is 0.0517. The third-order valence-corrected chi connectivity index (χ3v) is 2.30. The minimum atomic E-state index is -0.521. The fourth-order valence-corrected chi connectivity index (χ4v) is 1.62. The summed E-state index contributed by atoms with van der Waals surface area (Å²) in [6.07, 6.45) is 0.681. The third-order valence-electron chi connectivity index (χ3n) is 2.30. The largest absolute Gasteiger partial charge is 0.493 e. The van der Waals surface area contributed by atoms with E-state index in [9.17, 15) is 9.59 Å². The molecule has 0 saturated heterocycles. The van der Waals surface area contributed by atoms with Crippen LogP contribution in [0.1, 0.15) is 41.5 Å². The molecule has 1 rings (SSSR count). The van der Waals surface area contributed by atoms with Crippen molar-refractivity contribution in [3.05, 3.63) is 23.3 Å². The maximum atomic E-state index is 12.0. The van der Waals surface area contributed by atoms with E-state index in [1.807, 2.05) is 0 Å². The summed E-state index contributed by atoms with van der Waals surface area (Å²) in [5.74, 6) is 0.0786. The van der Waals surface area contributed by atoms with Crippen LogP contribution in [0.25, 0.3) is 0 Å². The molecule has 0 aliphatic carbocycles. The highest BCUT2D eigenvalue weighted by molar-refractivity contribution is 5.97. The lowest BCUT2D eigenvalue weighted by Crippen LogP contribution is -2.11. The smallest absolute Gasteiger partial charge is 0.345 e. The SMILES string of the molecule is CCOC(=O)c1c(OCC)cc(C=O)cc1OCC. The first-order valence-electron chi connectivity index (χ1n) is 6.23. The Balaban J connectivity index is 3.34. The van der Waals surface area contributed by atoms with E-state index in [0.29, 0.717) is 36.6 Å². The average molecular weight is 266 g/mol. The highest BCUT2D eigenvalue weighted by atomic mass is 16.5. The normalized spacial score (nSPS) is 9.84. The highest BCUT2D eigenvalue weighted by Gasteiger charge is 2.21. The van der Waals surface area contributed by atoms with Crippen molar-refractivity contribution in [3.63, 3.8) is 0 Å². The van der Waals surface area contributed by atoms with Gasteiger partial charge in [0.15, 0.2) is 0 Å². The molecule has 1 aromatic rings. The van der Waals surface area contributed by atoms with Crippen LogP contribution in [0.15, 0.2) is 12.1 Å². The van der Waals surface area contributed by atoms with Gasteiger partial charge in [-0.1, -0.05) is 0 Å². The number of rotatable bonds is 7. The van der Waals surface area contributed by atoms with Gasteiger partial charge in [0.25, 0.3) is 0 Å². The Morgan fingerprint density at radius 3 is 1.95 bits per heavy atom. The number of benzene rings is 1. The summed E-state index contributed by atoms with van der Waals surface area (Å²) in [6, 6.07) is 3.01. The molecule has 5 heteroatoms. The topological polar surface area (TPSA) is 61.8 Å². The zero-order valence-corrected chi connectivity index (χ0v) is 11.4. The van der Waals surface area contributed by atoms with Crippen LogP contribution in [0.5, 0.6) is 11.5 Å². The van der Waals surface area contributed by atoms with Gasteiger partial charge in [-0.05, 0) is 32.9 Å². The first-order chi connectivity index (χ1) is 9.17. The van der Waals surface area contributed by atoms with Gasteiger partial charge in [-0.15, -0.1) is 0 Å². The van der Waals surface area contributed by atoms with Gasteiger partial charge in [0.05, 0.1) is 19.8 Å². The minimum Gasteiger partial charge on any atom is -0.493 e. The Hall–Kier alpha value is -2.04. The van der Waals surface area contributed by atoms with Crippen LogP contribution in [0.3, 0.4) is 0 Å². The molecule has 104 valence electrons. The zero-order valence-electron chi connectivity index (χ0n) is 11.4. The van der Waals surface area contributed by atoms with Gasteiger partial charge in [0.2, 0.25) is 0 Å². The second kappa shape index (κ2) is 7.41. The van der Waals surface area contributed by atoms with Crippen molar-refractivity contribution in [2.24, 2.45) is 0 Å². The lowest BCUT2D eigenvalue weighted by Gasteiger charge is -2.14. The van der Waals surface area contributed by atoms with Crippen LogP contribution in [-0.4, -0.2) is 32.1 Å². The highest BCUT2D eigenvalue weighted by Crippen LogP contribution is 2.31. The van der Waals surface area contributed by atoms with E-state index in [-0.39, 0.29) is 12.2 Å². The molecule has 0 radical (unpaired) electrons. The molecule has 0 saturated carbocycles. The zero-order chi connectivity index (χ0) is 14.3.